The highest BCUT2D eigenvalue weighted by atomic mass is 16.5. The Bertz CT molecular complexity index is 230. The largest absolute Gasteiger partial charge is 0.370 e. The van der Waals surface area contributed by atoms with Gasteiger partial charge in [0.25, 0.3) is 0 Å². The fourth-order valence-electron chi connectivity index (χ4n) is 2.52. The van der Waals surface area contributed by atoms with E-state index >= 15 is 0 Å². The van der Waals surface area contributed by atoms with Crippen LogP contribution in [0, 0.1) is 5.41 Å². The summed E-state index contributed by atoms with van der Waals surface area (Å²) in [7, 11) is 0. The van der Waals surface area contributed by atoms with Gasteiger partial charge in [0, 0.05) is 19.6 Å². The summed E-state index contributed by atoms with van der Waals surface area (Å²) in [5.74, 6) is 0.110. The smallest absolute Gasteiger partial charge is 0.248 e. The lowest BCUT2D eigenvalue weighted by Gasteiger charge is -2.41. The zero-order valence-electron chi connectivity index (χ0n) is 11.2. The Morgan fingerprint density at radius 2 is 1.88 bits per heavy atom. The number of hydrogen-bond acceptors (Lipinski definition) is 3. The zero-order valence-corrected chi connectivity index (χ0v) is 11.2. The Kier molecular flexibility index (Phi) is 5.92. The van der Waals surface area contributed by atoms with Gasteiger partial charge in [0.05, 0.1) is 6.61 Å². The first kappa shape index (κ1) is 14.5. The molecule has 1 aliphatic rings. The molecule has 0 saturated carbocycles. The molecule has 0 radical (unpaired) electrons. The first-order valence-corrected chi connectivity index (χ1v) is 6.73. The number of amides is 1. The van der Waals surface area contributed by atoms with Crippen LogP contribution in [0.1, 0.15) is 39.5 Å². The van der Waals surface area contributed by atoms with Crippen LogP contribution in [0.5, 0.6) is 0 Å². The fraction of sp³-hybridized carbons (Fsp3) is 0.923. The molecule has 0 unspecified atom stereocenters. The number of rotatable bonds is 6. The van der Waals surface area contributed by atoms with Gasteiger partial charge >= 0.3 is 0 Å². The zero-order chi connectivity index (χ0) is 12.7. The van der Waals surface area contributed by atoms with Crippen LogP contribution in [0.3, 0.4) is 0 Å². The van der Waals surface area contributed by atoms with Crippen molar-refractivity contribution in [3.63, 3.8) is 0 Å². The van der Waals surface area contributed by atoms with Crippen LogP contribution in [0.4, 0.5) is 0 Å². The molecular weight excluding hydrogens is 216 g/mol. The van der Waals surface area contributed by atoms with Gasteiger partial charge in [-0.25, -0.2) is 0 Å². The van der Waals surface area contributed by atoms with Gasteiger partial charge in [-0.2, -0.15) is 0 Å². The quantitative estimate of drug-likeness (QED) is 0.716. The minimum absolute atomic E-state index is 0.110. The third-order valence-electron chi connectivity index (χ3n) is 4.16. The number of carbonyl (C=O) groups excluding carboxylic acids is 1. The first-order chi connectivity index (χ1) is 8.17. The summed E-state index contributed by atoms with van der Waals surface area (Å²) in [5.41, 5.74) is 5.78. The predicted molar refractivity (Wildman–Crippen MR) is 68.7 cm³/mol. The molecule has 17 heavy (non-hydrogen) atoms. The Morgan fingerprint density at radius 1 is 1.29 bits per heavy atom. The fourth-order valence-corrected chi connectivity index (χ4v) is 2.52. The molecule has 1 aliphatic heterocycles. The normalized spacial score (nSPS) is 19.4. The Hall–Kier alpha value is -0.610. The highest BCUT2D eigenvalue weighted by molar-refractivity contribution is 5.77. The van der Waals surface area contributed by atoms with Gasteiger partial charge < -0.3 is 15.4 Å². The van der Waals surface area contributed by atoms with E-state index in [9.17, 15) is 4.79 Å². The average Bonchev–Trinajstić information content (AvgIpc) is 2.39. The van der Waals surface area contributed by atoms with Crippen molar-refractivity contribution < 1.29 is 9.53 Å². The second-order valence-corrected chi connectivity index (χ2v) is 4.93. The summed E-state index contributed by atoms with van der Waals surface area (Å²) in [6.07, 6.45) is 4.69. The molecule has 0 aromatic heterocycles. The van der Waals surface area contributed by atoms with Gasteiger partial charge in [-0.05, 0) is 18.3 Å². The number of nitrogens with zero attached hydrogens (tertiary/aromatic N) is 1. The molecule has 0 aromatic rings. The molecule has 0 atom stereocenters. The topological polar surface area (TPSA) is 55.6 Å². The van der Waals surface area contributed by atoms with Crippen molar-refractivity contribution in [1.29, 1.82) is 0 Å². The van der Waals surface area contributed by atoms with Crippen molar-refractivity contribution in [2.75, 3.05) is 32.8 Å². The van der Waals surface area contributed by atoms with Crippen LogP contribution >= 0.6 is 0 Å². The second kappa shape index (κ2) is 6.97. The van der Waals surface area contributed by atoms with E-state index in [4.69, 9.17) is 10.5 Å². The maximum absolute atomic E-state index is 11.8. The summed E-state index contributed by atoms with van der Waals surface area (Å²) >= 11 is 0. The maximum atomic E-state index is 11.8. The lowest BCUT2D eigenvalue weighted by Crippen LogP contribution is -2.44. The lowest BCUT2D eigenvalue weighted by atomic mass is 9.74. The molecule has 4 nitrogen and oxygen atoms in total. The number of ether oxygens (including phenoxy) is 1. The molecule has 2 N–H and O–H groups in total. The van der Waals surface area contributed by atoms with Crippen LogP contribution < -0.4 is 5.73 Å². The SMILES string of the molecule is CCC1(CC)CCN(C(=O)COCCN)CC1. The molecule has 1 amide bonds. The molecule has 4 heteroatoms. The molecule has 1 saturated heterocycles. The third kappa shape index (κ3) is 3.96. The molecule has 0 aliphatic carbocycles. The van der Waals surface area contributed by atoms with Gasteiger partial charge in [-0.3, -0.25) is 4.79 Å². The molecular formula is C13H26N2O2. The minimum Gasteiger partial charge on any atom is -0.370 e. The number of carbonyl (C=O) groups is 1. The van der Waals surface area contributed by atoms with E-state index in [1.54, 1.807) is 0 Å². The lowest BCUT2D eigenvalue weighted by molar-refractivity contribution is -0.138. The Labute approximate surface area is 104 Å². The summed E-state index contributed by atoms with van der Waals surface area (Å²) in [4.78, 5) is 13.8. The third-order valence-corrected chi connectivity index (χ3v) is 4.16. The average molecular weight is 242 g/mol. The standard InChI is InChI=1S/C13H26N2O2/c1-3-13(4-2)5-8-15(9-6-13)12(16)11-17-10-7-14/h3-11,14H2,1-2H3. The van der Waals surface area contributed by atoms with E-state index in [1.165, 1.54) is 12.8 Å². The molecule has 1 fully saturated rings. The Balaban J connectivity index is 2.33. The van der Waals surface area contributed by atoms with Crippen LogP contribution in [0.15, 0.2) is 0 Å². The van der Waals surface area contributed by atoms with E-state index in [0.717, 1.165) is 25.9 Å². The van der Waals surface area contributed by atoms with Gasteiger partial charge in [0.1, 0.15) is 6.61 Å². The monoisotopic (exact) mass is 242 g/mol. The molecule has 0 spiro atoms. The second-order valence-electron chi connectivity index (χ2n) is 4.93. The molecule has 0 bridgehead atoms. The van der Waals surface area contributed by atoms with E-state index in [2.05, 4.69) is 13.8 Å². The molecule has 1 rings (SSSR count). The van der Waals surface area contributed by atoms with Crippen molar-refractivity contribution in [3.8, 4) is 0 Å². The summed E-state index contributed by atoms with van der Waals surface area (Å²) in [6, 6.07) is 0. The van der Waals surface area contributed by atoms with Crippen LogP contribution in [-0.2, 0) is 9.53 Å². The predicted octanol–water partition coefficient (Wildman–Crippen LogP) is 1.39. The van der Waals surface area contributed by atoms with Crippen LogP contribution in [0.25, 0.3) is 0 Å². The summed E-state index contributed by atoms with van der Waals surface area (Å²) < 4.78 is 5.19. The van der Waals surface area contributed by atoms with Crippen molar-refractivity contribution in [2.45, 2.75) is 39.5 Å². The maximum Gasteiger partial charge on any atom is 0.248 e. The highest BCUT2D eigenvalue weighted by Gasteiger charge is 2.32. The van der Waals surface area contributed by atoms with Gasteiger partial charge in [0.2, 0.25) is 5.91 Å². The van der Waals surface area contributed by atoms with Gasteiger partial charge in [-0.15, -0.1) is 0 Å². The van der Waals surface area contributed by atoms with E-state index in [0.29, 0.717) is 18.6 Å². The van der Waals surface area contributed by atoms with Crippen LogP contribution in [0.2, 0.25) is 0 Å². The van der Waals surface area contributed by atoms with Crippen molar-refractivity contribution >= 4 is 5.91 Å². The van der Waals surface area contributed by atoms with Crippen molar-refractivity contribution in [1.82, 2.24) is 4.90 Å². The van der Waals surface area contributed by atoms with Gasteiger partial charge in [0.15, 0.2) is 0 Å². The number of nitrogens with two attached hydrogens (primary N) is 1. The summed E-state index contributed by atoms with van der Waals surface area (Å²) in [5, 5.41) is 0. The van der Waals surface area contributed by atoms with Crippen molar-refractivity contribution in [3.05, 3.63) is 0 Å². The minimum atomic E-state index is 0.110. The van der Waals surface area contributed by atoms with Crippen LogP contribution in [-0.4, -0.2) is 43.7 Å². The molecule has 1 heterocycles. The number of hydrogen-bond donors (Lipinski definition) is 1. The van der Waals surface area contributed by atoms with E-state index in [1.807, 2.05) is 4.90 Å². The Morgan fingerprint density at radius 3 is 2.35 bits per heavy atom. The van der Waals surface area contributed by atoms with E-state index in [-0.39, 0.29) is 12.5 Å². The number of likely N-dealkylation sites (tertiary alicyclic amines) is 1. The van der Waals surface area contributed by atoms with Gasteiger partial charge in [-0.1, -0.05) is 26.7 Å². The molecule has 100 valence electrons. The number of piperidine rings is 1. The molecule has 0 aromatic carbocycles. The first-order valence-electron chi connectivity index (χ1n) is 6.73. The summed E-state index contributed by atoms with van der Waals surface area (Å²) in [6.45, 7) is 7.40. The van der Waals surface area contributed by atoms with E-state index < -0.39 is 0 Å². The van der Waals surface area contributed by atoms with Crippen molar-refractivity contribution in [2.24, 2.45) is 11.1 Å². The highest BCUT2D eigenvalue weighted by Crippen LogP contribution is 2.37.